The van der Waals surface area contributed by atoms with E-state index in [1.807, 2.05) is 0 Å². The van der Waals surface area contributed by atoms with Crippen LogP contribution in [0.4, 0.5) is 0 Å². The van der Waals surface area contributed by atoms with Crippen LogP contribution in [0.1, 0.15) is 12.8 Å². The lowest BCUT2D eigenvalue weighted by Crippen LogP contribution is -2.42. The van der Waals surface area contributed by atoms with Crippen molar-refractivity contribution in [2.45, 2.75) is 18.9 Å². The summed E-state index contributed by atoms with van der Waals surface area (Å²) >= 11 is 0. The van der Waals surface area contributed by atoms with Crippen LogP contribution < -0.4 is 5.73 Å². The van der Waals surface area contributed by atoms with Crippen LogP contribution in [-0.4, -0.2) is 41.0 Å². The second kappa shape index (κ2) is 4.76. The number of rotatable bonds is 2. The lowest BCUT2D eigenvalue weighted by molar-refractivity contribution is -0.132. The molecular formula is C9H14N2O3. The summed E-state index contributed by atoms with van der Waals surface area (Å²) in [5.41, 5.74) is 5.67. The van der Waals surface area contributed by atoms with E-state index in [2.05, 4.69) is 0 Å². The fourth-order valence-corrected chi connectivity index (χ4v) is 1.37. The van der Waals surface area contributed by atoms with Crippen molar-refractivity contribution in [1.29, 1.82) is 0 Å². The van der Waals surface area contributed by atoms with Crippen LogP contribution in [0.2, 0.25) is 0 Å². The molecule has 5 heteroatoms. The van der Waals surface area contributed by atoms with E-state index >= 15 is 0 Å². The zero-order valence-corrected chi connectivity index (χ0v) is 7.85. The number of piperidine rings is 1. The van der Waals surface area contributed by atoms with E-state index in [4.69, 9.17) is 10.8 Å². The van der Waals surface area contributed by atoms with Gasteiger partial charge in [0.25, 0.3) is 0 Å². The number of nitrogens with zero attached hydrogens (tertiary/aromatic N) is 1. The molecule has 1 heterocycles. The summed E-state index contributed by atoms with van der Waals surface area (Å²) in [7, 11) is 0. The van der Waals surface area contributed by atoms with E-state index in [0.29, 0.717) is 13.1 Å². The molecule has 0 atom stereocenters. The molecule has 0 spiro atoms. The largest absolute Gasteiger partial charge is 0.478 e. The predicted molar refractivity (Wildman–Crippen MR) is 50.6 cm³/mol. The Morgan fingerprint density at radius 3 is 2.36 bits per heavy atom. The smallest absolute Gasteiger partial charge is 0.328 e. The van der Waals surface area contributed by atoms with E-state index in [1.54, 1.807) is 4.90 Å². The van der Waals surface area contributed by atoms with Crippen molar-refractivity contribution < 1.29 is 14.7 Å². The van der Waals surface area contributed by atoms with Crippen molar-refractivity contribution >= 4 is 11.9 Å². The third kappa shape index (κ3) is 3.18. The van der Waals surface area contributed by atoms with E-state index < -0.39 is 5.97 Å². The van der Waals surface area contributed by atoms with Gasteiger partial charge in [0.2, 0.25) is 5.91 Å². The molecule has 0 aromatic carbocycles. The molecule has 1 rings (SSSR count). The van der Waals surface area contributed by atoms with Gasteiger partial charge < -0.3 is 15.7 Å². The molecule has 1 aliphatic heterocycles. The minimum atomic E-state index is -1.10. The summed E-state index contributed by atoms with van der Waals surface area (Å²) in [5, 5.41) is 8.33. The molecule has 3 N–H and O–H groups in total. The molecule has 0 aromatic heterocycles. The molecule has 0 bridgehead atoms. The molecule has 0 aliphatic carbocycles. The number of hydrogen-bond donors (Lipinski definition) is 2. The Kier molecular flexibility index (Phi) is 3.64. The summed E-state index contributed by atoms with van der Waals surface area (Å²) < 4.78 is 0. The van der Waals surface area contributed by atoms with Crippen LogP contribution in [0, 0.1) is 0 Å². The first-order chi connectivity index (χ1) is 6.59. The number of carbonyl (C=O) groups excluding carboxylic acids is 1. The third-order valence-corrected chi connectivity index (χ3v) is 2.22. The third-order valence-electron chi connectivity index (χ3n) is 2.22. The first-order valence-electron chi connectivity index (χ1n) is 4.55. The Morgan fingerprint density at radius 2 is 1.86 bits per heavy atom. The topological polar surface area (TPSA) is 83.6 Å². The van der Waals surface area contributed by atoms with Gasteiger partial charge in [0.15, 0.2) is 0 Å². The zero-order chi connectivity index (χ0) is 10.6. The maximum absolute atomic E-state index is 11.3. The van der Waals surface area contributed by atoms with Crippen LogP contribution in [0.5, 0.6) is 0 Å². The highest BCUT2D eigenvalue weighted by Crippen LogP contribution is 2.08. The summed E-state index contributed by atoms with van der Waals surface area (Å²) in [4.78, 5) is 23.1. The van der Waals surface area contributed by atoms with Gasteiger partial charge in [0, 0.05) is 31.3 Å². The monoisotopic (exact) mass is 198 g/mol. The van der Waals surface area contributed by atoms with Gasteiger partial charge in [0.05, 0.1) is 0 Å². The summed E-state index contributed by atoms with van der Waals surface area (Å²) in [6.07, 6.45) is 3.51. The molecule has 1 amide bonds. The number of carboxylic acids is 1. The fourth-order valence-electron chi connectivity index (χ4n) is 1.37. The minimum Gasteiger partial charge on any atom is -0.478 e. The molecule has 0 saturated carbocycles. The van der Waals surface area contributed by atoms with Gasteiger partial charge in [-0.2, -0.15) is 0 Å². The van der Waals surface area contributed by atoms with Crippen molar-refractivity contribution in [2.24, 2.45) is 5.73 Å². The average molecular weight is 198 g/mol. The van der Waals surface area contributed by atoms with Crippen LogP contribution in [0.3, 0.4) is 0 Å². The highest BCUT2D eigenvalue weighted by Gasteiger charge is 2.18. The van der Waals surface area contributed by atoms with Crippen molar-refractivity contribution in [1.82, 2.24) is 4.90 Å². The maximum atomic E-state index is 11.3. The molecule has 0 unspecified atom stereocenters. The lowest BCUT2D eigenvalue weighted by atomic mass is 10.1. The van der Waals surface area contributed by atoms with Crippen LogP contribution in [-0.2, 0) is 9.59 Å². The number of amides is 1. The van der Waals surface area contributed by atoms with Gasteiger partial charge in [-0.1, -0.05) is 0 Å². The number of aliphatic carboxylic acids is 1. The second-order valence-electron chi connectivity index (χ2n) is 3.33. The predicted octanol–water partition coefficient (Wildman–Crippen LogP) is -0.423. The Labute approximate surface area is 82.2 Å². The maximum Gasteiger partial charge on any atom is 0.328 e. The molecule has 1 saturated heterocycles. The van der Waals surface area contributed by atoms with Crippen molar-refractivity contribution in [3.05, 3.63) is 12.2 Å². The van der Waals surface area contributed by atoms with Crippen molar-refractivity contribution in [3.63, 3.8) is 0 Å². The summed E-state index contributed by atoms with van der Waals surface area (Å²) in [6.45, 7) is 1.23. The number of nitrogens with two attached hydrogens (primary N) is 1. The molecular weight excluding hydrogens is 184 g/mol. The second-order valence-corrected chi connectivity index (χ2v) is 3.33. The van der Waals surface area contributed by atoms with E-state index in [0.717, 1.165) is 25.0 Å². The van der Waals surface area contributed by atoms with E-state index in [1.165, 1.54) is 0 Å². The van der Waals surface area contributed by atoms with Gasteiger partial charge in [0.1, 0.15) is 0 Å². The number of carbonyl (C=O) groups is 2. The summed E-state index contributed by atoms with van der Waals surface area (Å²) in [5.74, 6) is -1.36. The Balaban J connectivity index is 2.42. The van der Waals surface area contributed by atoms with Crippen molar-refractivity contribution in [2.75, 3.05) is 13.1 Å². The first-order valence-corrected chi connectivity index (χ1v) is 4.55. The average Bonchev–Trinajstić information content (AvgIpc) is 2.15. The van der Waals surface area contributed by atoms with Crippen LogP contribution in [0.15, 0.2) is 12.2 Å². The van der Waals surface area contributed by atoms with Crippen LogP contribution >= 0.6 is 0 Å². The Hall–Kier alpha value is -1.36. The van der Waals surface area contributed by atoms with Gasteiger partial charge in [-0.15, -0.1) is 0 Å². The van der Waals surface area contributed by atoms with E-state index in [9.17, 15) is 9.59 Å². The lowest BCUT2D eigenvalue weighted by Gasteiger charge is -2.29. The highest BCUT2D eigenvalue weighted by molar-refractivity contribution is 5.93. The standard InChI is InChI=1S/C9H14N2O3/c10-7-3-5-11(6-4-7)8(12)1-2-9(13)14/h1-2,7H,3-6,10H2,(H,13,14). The minimum absolute atomic E-state index is 0.169. The first kappa shape index (κ1) is 10.7. The van der Waals surface area contributed by atoms with Gasteiger partial charge in [-0.3, -0.25) is 4.79 Å². The van der Waals surface area contributed by atoms with Crippen molar-refractivity contribution in [3.8, 4) is 0 Å². The van der Waals surface area contributed by atoms with Gasteiger partial charge in [-0.25, -0.2) is 4.79 Å². The SMILES string of the molecule is NC1CCN(C(=O)C=CC(=O)O)CC1. The molecule has 0 aromatic rings. The zero-order valence-electron chi connectivity index (χ0n) is 7.85. The Bertz CT molecular complexity index is 255. The fraction of sp³-hybridized carbons (Fsp3) is 0.556. The molecule has 0 radical (unpaired) electrons. The summed E-state index contributed by atoms with van der Waals surface area (Å²) in [6, 6.07) is 0.169. The quantitative estimate of drug-likeness (QED) is 0.590. The Morgan fingerprint density at radius 1 is 1.29 bits per heavy atom. The molecule has 1 fully saturated rings. The molecule has 14 heavy (non-hydrogen) atoms. The molecule has 5 nitrogen and oxygen atoms in total. The number of likely N-dealkylation sites (tertiary alicyclic amines) is 1. The van der Waals surface area contributed by atoms with Crippen LogP contribution in [0.25, 0.3) is 0 Å². The normalized spacial score (nSPS) is 18.8. The number of hydrogen-bond acceptors (Lipinski definition) is 3. The molecule has 1 aliphatic rings. The molecule has 78 valence electrons. The van der Waals surface area contributed by atoms with Gasteiger partial charge >= 0.3 is 5.97 Å². The van der Waals surface area contributed by atoms with E-state index in [-0.39, 0.29) is 11.9 Å². The van der Waals surface area contributed by atoms with Gasteiger partial charge in [-0.05, 0) is 12.8 Å². The highest BCUT2D eigenvalue weighted by atomic mass is 16.4. The number of carboxylic acid groups (broad SMARTS) is 1.